The first-order valence-electron chi connectivity index (χ1n) is 21.8. The van der Waals surface area contributed by atoms with Crippen molar-refractivity contribution in [2.75, 3.05) is 4.90 Å². The second kappa shape index (κ2) is 13.0. The minimum absolute atomic E-state index is 0.0893. The fourth-order valence-electron chi connectivity index (χ4n) is 11.6. The number of rotatable bonds is 5. The van der Waals surface area contributed by atoms with Gasteiger partial charge >= 0.3 is 0 Å². The molecular weight excluding hydrogens is 729 g/mol. The molecule has 292 valence electrons. The quantitative estimate of drug-likeness (QED) is 0.163. The van der Waals surface area contributed by atoms with E-state index >= 15 is 0 Å². The molecule has 0 saturated heterocycles. The average Bonchev–Trinajstić information content (AvgIpc) is 3.90. The molecule has 1 heterocycles. The molecule has 3 heteroatoms. The summed E-state index contributed by atoms with van der Waals surface area (Å²) in [5.41, 5.74) is 17.3. The van der Waals surface area contributed by atoms with E-state index in [0.717, 1.165) is 33.1 Å². The van der Waals surface area contributed by atoms with Crippen LogP contribution in [0.5, 0.6) is 0 Å². The Morgan fingerprint density at radius 2 is 1.22 bits per heavy atom. The third kappa shape index (κ3) is 5.24. The van der Waals surface area contributed by atoms with Crippen LogP contribution in [0.1, 0.15) is 81.5 Å². The Balaban J connectivity index is 0.978. The van der Waals surface area contributed by atoms with Crippen molar-refractivity contribution >= 4 is 49.7 Å². The summed E-state index contributed by atoms with van der Waals surface area (Å²) in [7, 11) is 0. The zero-order chi connectivity index (χ0) is 40.3. The van der Waals surface area contributed by atoms with Crippen molar-refractivity contribution in [2.24, 2.45) is 5.92 Å². The van der Waals surface area contributed by atoms with Crippen LogP contribution in [0.25, 0.3) is 66.4 Å². The lowest BCUT2D eigenvalue weighted by molar-refractivity contribution is 0.233. The lowest BCUT2D eigenvalue weighted by Gasteiger charge is -2.35. The second-order valence-corrected chi connectivity index (χ2v) is 18.7. The molecule has 8 aromatic carbocycles. The molecule has 0 N–H and O–H groups in total. The average molecular weight is 777 g/mol. The Morgan fingerprint density at radius 3 is 2.07 bits per heavy atom. The predicted octanol–water partition coefficient (Wildman–Crippen LogP) is 15.8. The van der Waals surface area contributed by atoms with Crippen molar-refractivity contribution in [3.05, 3.63) is 180 Å². The molecule has 0 spiro atoms. The van der Waals surface area contributed by atoms with Crippen molar-refractivity contribution in [3.63, 3.8) is 0 Å². The van der Waals surface area contributed by atoms with Crippen molar-refractivity contribution in [2.45, 2.75) is 70.1 Å². The van der Waals surface area contributed by atoms with Crippen LogP contribution in [0, 0.1) is 5.92 Å². The van der Waals surface area contributed by atoms with Gasteiger partial charge in [0.1, 0.15) is 5.52 Å². The summed E-state index contributed by atoms with van der Waals surface area (Å²) in [5.74, 6) is 2.04. The third-order valence-electron chi connectivity index (χ3n) is 14.7. The molecule has 60 heavy (non-hydrogen) atoms. The molecular formula is C57H48N2O. The Hall–Kier alpha value is -6.45. The fraction of sp³-hybridized carbons (Fsp3) is 0.211. The van der Waals surface area contributed by atoms with Gasteiger partial charge in [0.2, 0.25) is 5.89 Å². The van der Waals surface area contributed by atoms with E-state index in [1.165, 1.54) is 86.8 Å². The van der Waals surface area contributed by atoms with Gasteiger partial charge in [-0.3, -0.25) is 0 Å². The molecule has 1 saturated carbocycles. The monoisotopic (exact) mass is 776 g/mol. The highest BCUT2D eigenvalue weighted by Crippen LogP contribution is 2.58. The first-order chi connectivity index (χ1) is 29.2. The summed E-state index contributed by atoms with van der Waals surface area (Å²) in [4.78, 5) is 7.57. The Labute approximate surface area is 352 Å². The molecule has 2 atom stereocenters. The van der Waals surface area contributed by atoms with E-state index < -0.39 is 0 Å². The lowest BCUT2D eigenvalue weighted by atomic mass is 9.70. The van der Waals surface area contributed by atoms with Gasteiger partial charge in [-0.25, -0.2) is 4.98 Å². The molecule has 2 unspecified atom stereocenters. The maximum atomic E-state index is 6.33. The Kier molecular flexibility index (Phi) is 7.70. The number of anilines is 3. The summed E-state index contributed by atoms with van der Waals surface area (Å²) in [6, 6.07) is 58.4. The molecule has 3 nitrogen and oxygen atoms in total. The second-order valence-electron chi connectivity index (χ2n) is 18.7. The minimum Gasteiger partial charge on any atom is -0.436 e. The Morgan fingerprint density at radius 1 is 0.550 bits per heavy atom. The number of hydrogen-bond acceptors (Lipinski definition) is 3. The lowest BCUT2D eigenvalue weighted by Crippen LogP contribution is -2.28. The maximum Gasteiger partial charge on any atom is 0.227 e. The Bertz CT molecular complexity index is 3170. The van der Waals surface area contributed by atoms with Crippen LogP contribution in [0.2, 0.25) is 0 Å². The number of benzene rings is 8. The molecule has 9 aromatic rings. The minimum atomic E-state index is -0.0893. The predicted molar refractivity (Wildman–Crippen MR) is 250 cm³/mol. The van der Waals surface area contributed by atoms with Gasteiger partial charge in [-0.05, 0) is 151 Å². The molecule has 0 aliphatic heterocycles. The van der Waals surface area contributed by atoms with E-state index in [2.05, 4.69) is 166 Å². The summed E-state index contributed by atoms with van der Waals surface area (Å²) in [6.07, 6.45) is 5.34. The smallest absolute Gasteiger partial charge is 0.227 e. The van der Waals surface area contributed by atoms with Crippen molar-refractivity contribution < 1.29 is 4.42 Å². The maximum absolute atomic E-state index is 6.33. The number of aromatic nitrogens is 1. The zero-order valence-electron chi connectivity index (χ0n) is 34.8. The number of oxazole rings is 1. The first kappa shape index (κ1) is 35.5. The molecule has 1 fully saturated rings. The van der Waals surface area contributed by atoms with E-state index in [0.29, 0.717) is 17.7 Å². The van der Waals surface area contributed by atoms with Gasteiger partial charge in [-0.15, -0.1) is 0 Å². The number of nitrogens with zero attached hydrogens (tertiary/aromatic N) is 2. The molecule has 0 bridgehead atoms. The van der Waals surface area contributed by atoms with Crippen molar-refractivity contribution in [1.29, 1.82) is 0 Å². The van der Waals surface area contributed by atoms with Gasteiger partial charge < -0.3 is 9.32 Å². The van der Waals surface area contributed by atoms with Gasteiger partial charge in [0.05, 0.1) is 0 Å². The van der Waals surface area contributed by atoms with Gasteiger partial charge in [0, 0.05) is 33.4 Å². The molecule has 3 aliphatic carbocycles. The molecule has 12 rings (SSSR count). The molecule has 0 amide bonds. The van der Waals surface area contributed by atoms with E-state index in [4.69, 9.17) is 9.40 Å². The first-order valence-corrected chi connectivity index (χ1v) is 21.8. The van der Waals surface area contributed by atoms with Crippen LogP contribution in [0.15, 0.2) is 162 Å². The SMILES string of the molecule is CC1(C)c2ccccc2-c2ccc(N(c3ccc(-c4ccc5ccc6ccc7oc(-c8ccccc8)nc7c6c5c4)cc3)c3ccc4c(c3)C(C)(C)C3CCCCC43)cc21. The van der Waals surface area contributed by atoms with Crippen LogP contribution >= 0.6 is 0 Å². The standard InChI is InChI=1S/C57H48N2O/c1-56(2)48-16-10-8-14-43(48)45-29-27-41(33-50(45)56)59(42-28-30-46-44-15-9-11-17-49(44)57(3,4)51(46)34-42)40-25-22-35(23-26-40)39-21-19-36-18-20-37-24-31-52-54(53(37)47(36)32-39)58-55(60-52)38-12-6-5-7-13-38/h5-8,10,12-14,16,18-34,44,49H,9,11,15,17H2,1-4H3. The van der Waals surface area contributed by atoms with Crippen molar-refractivity contribution in [1.82, 2.24) is 4.98 Å². The zero-order valence-corrected chi connectivity index (χ0v) is 34.8. The summed E-state index contributed by atoms with van der Waals surface area (Å²) in [6.45, 7) is 9.76. The normalized spacial score (nSPS) is 18.3. The summed E-state index contributed by atoms with van der Waals surface area (Å²) < 4.78 is 6.33. The highest BCUT2D eigenvalue weighted by Gasteiger charge is 2.47. The fourth-order valence-corrected chi connectivity index (χ4v) is 11.6. The van der Waals surface area contributed by atoms with Gasteiger partial charge in [-0.1, -0.05) is 138 Å². The highest BCUT2D eigenvalue weighted by molar-refractivity contribution is 6.19. The van der Waals surface area contributed by atoms with Crippen LogP contribution in [-0.4, -0.2) is 4.98 Å². The van der Waals surface area contributed by atoms with Crippen LogP contribution in [0.4, 0.5) is 17.1 Å². The van der Waals surface area contributed by atoms with Crippen molar-refractivity contribution in [3.8, 4) is 33.7 Å². The third-order valence-corrected chi connectivity index (χ3v) is 14.7. The van der Waals surface area contributed by atoms with E-state index in [-0.39, 0.29) is 10.8 Å². The highest BCUT2D eigenvalue weighted by atomic mass is 16.3. The van der Waals surface area contributed by atoms with E-state index in [1.807, 2.05) is 24.3 Å². The van der Waals surface area contributed by atoms with Gasteiger partial charge in [-0.2, -0.15) is 0 Å². The van der Waals surface area contributed by atoms with Gasteiger partial charge in [0.15, 0.2) is 5.58 Å². The molecule has 3 aliphatic rings. The van der Waals surface area contributed by atoms with E-state index in [1.54, 1.807) is 5.56 Å². The van der Waals surface area contributed by atoms with Crippen LogP contribution in [0.3, 0.4) is 0 Å². The largest absolute Gasteiger partial charge is 0.436 e. The molecule has 1 aromatic heterocycles. The number of hydrogen-bond donors (Lipinski definition) is 0. The summed E-state index contributed by atoms with van der Waals surface area (Å²) in [5, 5.41) is 4.65. The van der Waals surface area contributed by atoms with Crippen LogP contribution < -0.4 is 4.90 Å². The van der Waals surface area contributed by atoms with E-state index in [9.17, 15) is 0 Å². The van der Waals surface area contributed by atoms with Crippen LogP contribution in [-0.2, 0) is 10.8 Å². The summed E-state index contributed by atoms with van der Waals surface area (Å²) >= 11 is 0. The van der Waals surface area contributed by atoms with Gasteiger partial charge in [0.25, 0.3) is 0 Å². The number of fused-ring (bicyclic) bond motifs is 11. The topological polar surface area (TPSA) is 29.3 Å². The molecule has 0 radical (unpaired) electrons.